The molecule has 4 nitrogen and oxygen atoms in total. The molecule has 1 unspecified atom stereocenters. The van der Waals surface area contributed by atoms with E-state index in [-0.39, 0.29) is 24.3 Å². The number of nitrogens with one attached hydrogen (secondary N) is 1. The minimum atomic E-state index is -0.300. The molecule has 17 heavy (non-hydrogen) atoms. The predicted molar refractivity (Wildman–Crippen MR) is 65.6 cm³/mol. The fourth-order valence-corrected chi connectivity index (χ4v) is 2.49. The van der Waals surface area contributed by atoms with Crippen molar-refractivity contribution >= 4 is 27.8 Å². The minimum absolute atomic E-state index is 0.151. The topological polar surface area (TPSA) is 55.4 Å². The number of fused-ring (bicyclic) bond motifs is 1. The van der Waals surface area contributed by atoms with Gasteiger partial charge in [-0.25, -0.2) is 0 Å². The number of carbonyl (C=O) groups is 2. The fraction of sp³-hybridized carbons (Fsp3) is 0.333. The van der Waals surface area contributed by atoms with Crippen LogP contribution in [0.15, 0.2) is 22.7 Å². The lowest BCUT2D eigenvalue weighted by Crippen LogP contribution is -2.22. The molecule has 2 rings (SSSR count). The molecule has 0 saturated heterocycles. The van der Waals surface area contributed by atoms with Gasteiger partial charge in [0.1, 0.15) is 0 Å². The normalized spacial score (nSPS) is 17.5. The van der Waals surface area contributed by atoms with Crippen LogP contribution in [0.4, 0.5) is 0 Å². The van der Waals surface area contributed by atoms with E-state index in [1.807, 2.05) is 18.2 Å². The Balaban J connectivity index is 2.23. The Morgan fingerprint density at radius 3 is 3.00 bits per heavy atom. The third-order valence-electron chi connectivity index (χ3n) is 2.63. The van der Waals surface area contributed by atoms with Crippen molar-refractivity contribution in [3.63, 3.8) is 0 Å². The third kappa shape index (κ3) is 2.34. The molecule has 5 heteroatoms. The van der Waals surface area contributed by atoms with Crippen molar-refractivity contribution in [2.24, 2.45) is 0 Å². The summed E-state index contributed by atoms with van der Waals surface area (Å²) < 4.78 is 5.63. The van der Waals surface area contributed by atoms with Crippen LogP contribution >= 0.6 is 15.9 Å². The van der Waals surface area contributed by atoms with E-state index in [0.29, 0.717) is 12.2 Å². The maximum absolute atomic E-state index is 11.7. The third-order valence-corrected chi connectivity index (χ3v) is 3.29. The Morgan fingerprint density at radius 1 is 1.53 bits per heavy atom. The van der Waals surface area contributed by atoms with Crippen molar-refractivity contribution in [1.29, 1.82) is 0 Å². The second-order valence-corrected chi connectivity index (χ2v) is 4.59. The summed E-state index contributed by atoms with van der Waals surface area (Å²) in [7, 11) is 0. The molecule has 1 amide bonds. The van der Waals surface area contributed by atoms with Crippen molar-refractivity contribution in [2.75, 3.05) is 6.61 Å². The molecule has 0 radical (unpaired) electrons. The second-order valence-electron chi connectivity index (χ2n) is 3.74. The summed E-state index contributed by atoms with van der Waals surface area (Å²) in [5, 5.41) is 2.78. The molecule has 0 bridgehead atoms. The molecule has 1 aromatic rings. The summed E-state index contributed by atoms with van der Waals surface area (Å²) in [5.74, 6) is -0.451. The number of ether oxygens (including phenoxy) is 1. The first-order valence-corrected chi connectivity index (χ1v) is 6.17. The summed E-state index contributed by atoms with van der Waals surface area (Å²) in [4.78, 5) is 23.2. The molecule has 90 valence electrons. The van der Waals surface area contributed by atoms with Crippen LogP contribution < -0.4 is 5.32 Å². The Morgan fingerprint density at radius 2 is 2.29 bits per heavy atom. The molecule has 0 fully saturated rings. The molecule has 0 aliphatic carbocycles. The van der Waals surface area contributed by atoms with E-state index in [0.717, 1.165) is 10.0 Å². The number of carbonyl (C=O) groups excluding carboxylic acids is 2. The lowest BCUT2D eigenvalue weighted by molar-refractivity contribution is -0.143. The second kappa shape index (κ2) is 4.87. The molecular formula is C12H12BrNO3. The average Bonchev–Trinajstić information content (AvgIpc) is 2.57. The number of benzene rings is 1. The molecule has 1 aromatic carbocycles. The first-order valence-electron chi connectivity index (χ1n) is 5.38. The van der Waals surface area contributed by atoms with Gasteiger partial charge in [0.25, 0.3) is 5.91 Å². The molecular weight excluding hydrogens is 286 g/mol. The van der Waals surface area contributed by atoms with Crippen molar-refractivity contribution < 1.29 is 14.3 Å². The Bertz CT molecular complexity index is 473. The van der Waals surface area contributed by atoms with Gasteiger partial charge in [0.15, 0.2) is 0 Å². The molecule has 1 aliphatic heterocycles. The van der Waals surface area contributed by atoms with Gasteiger partial charge in [-0.2, -0.15) is 0 Å². The first-order chi connectivity index (χ1) is 8.13. The summed E-state index contributed by atoms with van der Waals surface area (Å²) in [6.07, 6.45) is 0.170. The van der Waals surface area contributed by atoms with Gasteiger partial charge in [0.05, 0.1) is 24.6 Å². The Hall–Kier alpha value is -1.36. The van der Waals surface area contributed by atoms with E-state index in [1.165, 1.54) is 0 Å². The van der Waals surface area contributed by atoms with E-state index >= 15 is 0 Å². The van der Waals surface area contributed by atoms with Crippen molar-refractivity contribution in [1.82, 2.24) is 5.32 Å². The van der Waals surface area contributed by atoms with Crippen molar-refractivity contribution in [2.45, 2.75) is 19.4 Å². The van der Waals surface area contributed by atoms with Crippen molar-refractivity contribution in [3.05, 3.63) is 33.8 Å². The summed E-state index contributed by atoms with van der Waals surface area (Å²) in [5.41, 5.74) is 1.46. The summed E-state index contributed by atoms with van der Waals surface area (Å²) in [6, 6.07) is 5.23. The Kier molecular flexibility index (Phi) is 3.47. The number of amides is 1. The zero-order valence-electron chi connectivity index (χ0n) is 9.33. The number of hydrogen-bond acceptors (Lipinski definition) is 3. The molecule has 1 heterocycles. The van der Waals surface area contributed by atoms with Crippen LogP contribution in [0.5, 0.6) is 0 Å². The van der Waals surface area contributed by atoms with Gasteiger partial charge in [0, 0.05) is 4.47 Å². The molecule has 0 aromatic heterocycles. The lowest BCUT2D eigenvalue weighted by atomic mass is 10.0. The van der Waals surface area contributed by atoms with Gasteiger partial charge in [0.2, 0.25) is 0 Å². The highest BCUT2D eigenvalue weighted by molar-refractivity contribution is 9.10. The van der Waals surface area contributed by atoms with Gasteiger partial charge < -0.3 is 10.1 Å². The number of halogens is 1. The molecule has 1 N–H and O–H groups in total. The van der Waals surface area contributed by atoms with Gasteiger partial charge >= 0.3 is 5.97 Å². The highest BCUT2D eigenvalue weighted by Gasteiger charge is 2.31. The van der Waals surface area contributed by atoms with Crippen LogP contribution in [0.1, 0.15) is 35.3 Å². The minimum Gasteiger partial charge on any atom is -0.466 e. The average molecular weight is 298 g/mol. The SMILES string of the molecule is CCOC(=O)CC1NC(=O)c2c(Br)cccc21. The van der Waals surface area contributed by atoms with Crippen molar-refractivity contribution in [3.8, 4) is 0 Å². The largest absolute Gasteiger partial charge is 0.466 e. The smallest absolute Gasteiger partial charge is 0.308 e. The molecule has 1 aliphatic rings. The van der Waals surface area contributed by atoms with Crippen LogP contribution in [-0.4, -0.2) is 18.5 Å². The molecule has 0 saturated carbocycles. The maximum Gasteiger partial charge on any atom is 0.308 e. The predicted octanol–water partition coefficient (Wildman–Crippen LogP) is 2.19. The van der Waals surface area contributed by atoms with Gasteiger partial charge in [-0.05, 0) is 34.5 Å². The first kappa shape index (κ1) is 12.1. The highest BCUT2D eigenvalue weighted by atomic mass is 79.9. The Labute approximate surface area is 107 Å². The van der Waals surface area contributed by atoms with Crippen LogP contribution in [0, 0.1) is 0 Å². The van der Waals surface area contributed by atoms with Gasteiger partial charge in [-0.1, -0.05) is 12.1 Å². The van der Waals surface area contributed by atoms with Gasteiger partial charge in [-0.3, -0.25) is 9.59 Å². The number of esters is 1. The van der Waals surface area contributed by atoms with E-state index < -0.39 is 0 Å². The zero-order chi connectivity index (χ0) is 12.4. The standard InChI is InChI=1S/C12H12BrNO3/c1-2-17-10(15)6-9-7-4-3-5-8(13)11(7)12(16)14-9/h3-5,9H,2,6H2,1H3,(H,14,16). The van der Waals surface area contributed by atoms with E-state index in [4.69, 9.17) is 4.74 Å². The molecule has 1 atom stereocenters. The lowest BCUT2D eigenvalue weighted by Gasteiger charge is -2.10. The van der Waals surface area contributed by atoms with Crippen LogP contribution in [0.25, 0.3) is 0 Å². The fourth-order valence-electron chi connectivity index (χ4n) is 1.93. The summed E-state index contributed by atoms with van der Waals surface area (Å²) in [6.45, 7) is 2.11. The zero-order valence-corrected chi connectivity index (χ0v) is 10.9. The van der Waals surface area contributed by atoms with Gasteiger partial charge in [-0.15, -0.1) is 0 Å². The van der Waals surface area contributed by atoms with Crippen LogP contribution in [0.2, 0.25) is 0 Å². The number of rotatable bonds is 3. The van der Waals surface area contributed by atoms with E-state index in [2.05, 4.69) is 21.2 Å². The van der Waals surface area contributed by atoms with E-state index in [1.54, 1.807) is 6.92 Å². The monoisotopic (exact) mass is 297 g/mol. The highest BCUT2D eigenvalue weighted by Crippen LogP contribution is 2.32. The maximum atomic E-state index is 11.7. The molecule has 0 spiro atoms. The summed E-state index contributed by atoms with van der Waals surface area (Å²) >= 11 is 3.34. The quantitative estimate of drug-likeness (QED) is 0.870. The number of hydrogen-bond donors (Lipinski definition) is 1. The van der Waals surface area contributed by atoms with Crippen LogP contribution in [-0.2, 0) is 9.53 Å². The van der Waals surface area contributed by atoms with Crippen LogP contribution in [0.3, 0.4) is 0 Å². The van der Waals surface area contributed by atoms with E-state index in [9.17, 15) is 9.59 Å².